The zero-order chi connectivity index (χ0) is 19.7. The molecule has 0 radical (unpaired) electrons. The first-order valence-corrected chi connectivity index (χ1v) is 9.89. The van der Waals surface area contributed by atoms with Crippen molar-refractivity contribution in [2.45, 2.75) is 12.8 Å². The van der Waals surface area contributed by atoms with Gasteiger partial charge in [-0.2, -0.15) is 0 Å². The topological polar surface area (TPSA) is 84.0 Å². The highest BCUT2D eigenvalue weighted by atomic mass is 32.1. The van der Waals surface area contributed by atoms with Gasteiger partial charge in [-0.1, -0.05) is 18.2 Å². The van der Waals surface area contributed by atoms with Gasteiger partial charge < -0.3 is 9.64 Å². The maximum absolute atomic E-state index is 12.4. The second-order valence-electron chi connectivity index (χ2n) is 6.72. The lowest BCUT2D eigenvalue weighted by Gasteiger charge is -2.30. The lowest BCUT2D eigenvalue weighted by atomic mass is 9.97. The summed E-state index contributed by atoms with van der Waals surface area (Å²) in [7, 11) is 0. The predicted octanol–water partition coefficient (Wildman–Crippen LogP) is 2.40. The summed E-state index contributed by atoms with van der Waals surface area (Å²) in [5.41, 5.74) is 0.646. The molecule has 4 rings (SSSR count). The van der Waals surface area contributed by atoms with Crippen LogP contribution in [0.15, 0.2) is 41.8 Å². The number of rotatable bonds is 4. The number of fused-ring (bicyclic) bond motifs is 1. The summed E-state index contributed by atoms with van der Waals surface area (Å²) in [6.45, 7) is 0.562. The Bertz CT molecular complexity index is 897. The Hall–Kier alpha value is -3.00. The fraction of sp³-hybridized carbons (Fsp3) is 0.300. The van der Waals surface area contributed by atoms with Crippen LogP contribution in [-0.2, 0) is 9.53 Å². The van der Waals surface area contributed by atoms with Crippen LogP contribution in [0.3, 0.4) is 0 Å². The smallest absolute Gasteiger partial charge is 0.310 e. The van der Waals surface area contributed by atoms with Gasteiger partial charge in [-0.3, -0.25) is 19.2 Å². The third-order valence-corrected chi connectivity index (χ3v) is 5.92. The molecule has 0 bridgehead atoms. The maximum atomic E-state index is 12.4. The van der Waals surface area contributed by atoms with Crippen molar-refractivity contribution >= 4 is 35.0 Å². The number of imide groups is 1. The number of benzene rings is 1. The number of ether oxygens (including phenoxy) is 1. The number of carbonyl (C=O) groups is 4. The van der Waals surface area contributed by atoms with Crippen LogP contribution in [0.2, 0.25) is 0 Å². The Labute approximate surface area is 165 Å². The molecule has 8 heteroatoms. The van der Waals surface area contributed by atoms with Gasteiger partial charge in [0.1, 0.15) is 0 Å². The molecule has 0 spiro atoms. The van der Waals surface area contributed by atoms with E-state index >= 15 is 0 Å². The first-order valence-electron chi connectivity index (χ1n) is 9.01. The molecule has 1 saturated heterocycles. The van der Waals surface area contributed by atoms with E-state index in [9.17, 15) is 19.2 Å². The van der Waals surface area contributed by atoms with Crippen molar-refractivity contribution in [2.75, 3.05) is 19.8 Å². The summed E-state index contributed by atoms with van der Waals surface area (Å²) in [4.78, 5) is 52.7. The standard InChI is InChI=1S/C20H18N2O5S/c23-17-14-4-1-2-5-15(14)18(24)22(17)12-27-20(26)13-7-9-21(10-8-13)19(25)16-6-3-11-28-16/h1-6,11,13H,7-10,12H2. The van der Waals surface area contributed by atoms with Gasteiger partial charge in [0.2, 0.25) is 0 Å². The highest BCUT2D eigenvalue weighted by molar-refractivity contribution is 7.12. The van der Waals surface area contributed by atoms with Gasteiger partial charge in [-0.25, -0.2) is 4.90 Å². The highest BCUT2D eigenvalue weighted by Gasteiger charge is 2.36. The molecule has 1 aromatic heterocycles. The normalized spacial score (nSPS) is 17.0. The minimum Gasteiger partial charge on any atom is -0.443 e. The molecular weight excluding hydrogens is 380 g/mol. The van der Waals surface area contributed by atoms with Gasteiger partial charge in [-0.05, 0) is 36.4 Å². The van der Waals surface area contributed by atoms with E-state index in [-0.39, 0.29) is 18.6 Å². The van der Waals surface area contributed by atoms with Crippen molar-refractivity contribution in [3.05, 3.63) is 57.8 Å². The van der Waals surface area contributed by atoms with Crippen molar-refractivity contribution in [3.8, 4) is 0 Å². The van der Waals surface area contributed by atoms with Gasteiger partial charge in [-0.15, -0.1) is 11.3 Å². The molecular formula is C20H18N2O5S. The molecule has 2 aromatic rings. The van der Waals surface area contributed by atoms with Gasteiger partial charge in [0, 0.05) is 13.1 Å². The van der Waals surface area contributed by atoms with E-state index in [2.05, 4.69) is 0 Å². The van der Waals surface area contributed by atoms with Crippen LogP contribution in [0.4, 0.5) is 0 Å². The number of hydrogen-bond donors (Lipinski definition) is 0. The van der Waals surface area contributed by atoms with Crippen molar-refractivity contribution in [2.24, 2.45) is 5.92 Å². The average molecular weight is 398 g/mol. The van der Waals surface area contributed by atoms with E-state index in [1.165, 1.54) is 11.3 Å². The second kappa shape index (κ2) is 7.55. The molecule has 0 atom stereocenters. The predicted molar refractivity (Wildman–Crippen MR) is 101 cm³/mol. The van der Waals surface area contributed by atoms with E-state index in [4.69, 9.17) is 4.74 Å². The first-order chi connectivity index (χ1) is 13.6. The summed E-state index contributed by atoms with van der Waals surface area (Å²) in [6.07, 6.45) is 0.996. The summed E-state index contributed by atoms with van der Waals surface area (Å²) in [6, 6.07) is 10.2. The minimum atomic E-state index is -0.454. The number of likely N-dealkylation sites (tertiary alicyclic amines) is 1. The molecule has 3 heterocycles. The Kier molecular flexibility index (Phi) is 4.95. The number of thiophene rings is 1. The molecule has 0 N–H and O–H groups in total. The summed E-state index contributed by atoms with van der Waals surface area (Å²) in [5, 5.41) is 1.86. The number of amides is 3. The minimum absolute atomic E-state index is 0.0205. The highest BCUT2D eigenvalue weighted by Crippen LogP contribution is 2.24. The van der Waals surface area contributed by atoms with Crippen LogP contribution in [0, 0.1) is 5.92 Å². The van der Waals surface area contributed by atoms with Crippen LogP contribution < -0.4 is 0 Å². The van der Waals surface area contributed by atoms with Crippen molar-refractivity contribution in [1.29, 1.82) is 0 Å². The monoisotopic (exact) mass is 398 g/mol. The SMILES string of the molecule is O=C(OCN1C(=O)c2ccccc2C1=O)C1CCN(C(=O)c2cccs2)CC1. The zero-order valence-electron chi connectivity index (χ0n) is 15.0. The zero-order valence-corrected chi connectivity index (χ0v) is 15.8. The van der Waals surface area contributed by atoms with Gasteiger partial charge in [0.25, 0.3) is 17.7 Å². The van der Waals surface area contributed by atoms with Gasteiger partial charge in [0.15, 0.2) is 6.73 Å². The molecule has 28 heavy (non-hydrogen) atoms. The summed E-state index contributed by atoms with van der Waals surface area (Å²) < 4.78 is 5.25. The van der Waals surface area contributed by atoms with Crippen LogP contribution in [0.25, 0.3) is 0 Å². The Morgan fingerprint density at radius 3 is 2.21 bits per heavy atom. The van der Waals surface area contributed by atoms with Crippen molar-refractivity contribution in [1.82, 2.24) is 9.80 Å². The molecule has 0 aliphatic carbocycles. The van der Waals surface area contributed by atoms with Crippen LogP contribution in [-0.4, -0.2) is 53.3 Å². The molecule has 144 valence electrons. The average Bonchev–Trinajstić information content (AvgIpc) is 3.35. The second-order valence-corrected chi connectivity index (χ2v) is 7.67. The molecule has 7 nitrogen and oxygen atoms in total. The third kappa shape index (κ3) is 3.31. The molecule has 2 aliphatic heterocycles. The molecule has 0 unspecified atom stereocenters. The van der Waals surface area contributed by atoms with E-state index in [1.807, 2.05) is 11.4 Å². The Morgan fingerprint density at radius 2 is 1.64 bits per heavy atom. The van der Waals surface area contributed by atoms with E-state index in [1.54, 1.807) is 35.2 Å². The molecule has 1 aromatic carbocycles. The van der Waals surface area contributed by atoms with Gasteiger partial charge in [0.05, 0.1) is 21.9 Å². The number of hydrogen-bond acceptors (Lipinski definition) is 6. The third-order valence-electron chi connectivity index (χ3n) is 5.06. The Morgan fingerprint density at radius 1 is 1.00 bits per heavy atom. The van der Waals surface area contributed by atoms with Crippen LogP contribution >= 0.6 is 11.3 Å². The largest absolute Gasteiger partial charge is 0.443 e. The molecule has 2 aliphatic rings. The van der Waals surface area contributed by atoms with Crippen molar-refractivity contribution in [3.63, 3.8) is 0 Å². The van der Waals surface area contributed by atoms with Crippen LogP contribution in [0.5, 0.6) is 0 Å². The maximum Gasteiger partial charge on any atom is 0.310 e. The lowest BCUT2D eigenvalue weighted by molar-refractivity contribution is -0.152. The number of piperidine rings is 1. The first kappa shape index (κ1) is 18.4. The molecule has 1 fully saturated rings. The van der Waals surface area contributed by atoms with E-state index in [0.717, 1.165) is 4.90 Å². The summed E-state index contributed by atoms with van der Waals surface area (Å²) >= 11 is 1.40. The fourth-order valence-electron chi connectivity index (χ4n) is 3.48. The fourth-order valence-corrected chi connectivity index (χ4v) is 4.17. The van der Waals surface area contributed by atoms with Crippen LogP contribution in [0.1, 0.15) is 43.2 Å². The number of nitrogens with zero attached hydrogens (tertiary/aromatic N) is 2. The lowest BCUT2D eigenvalue weighted by Crippen LogP contribution is -2.41. The van der Waals surface area contributed by atoms with E-state index in [0.29, 0.717) is 41.9 Å². The summed E-state index contributed by atoms with van der Waals surface area (Å²) in [5.74, 6) is -1.72. The quantitative estimate of drug-likeness (QED) is 0.583. The number of carbonyl (C=O) groups excluding carboxylic acids is 4. The van der Waals surface area contributed by atoms with Gasteiger partial charge >= 0.3 is 5.97 Å². The van der Waals surface area contributed by atoms with Crippen molar-refractivity contribution < 1.29 is 23.9 Å². The van der Waals surface area contributed by atoms with E-state index < -0.39 is 17.8 Å². The Balaban J connectivity index is 1.29. The molecule has 0 saturated carbocycles. The molecule has 3 amide bonds. The number of esters is 1.